The van der Waals surface area contributed by atoms with Gasteiger partial charge in [-0.1, -0.05) is 94.4 Å². The lowest BCUT2D eigenvalue weighted by atomic mass is 10.0. The van der Waals surface area contributed by atoms with Crippen LogP contribution in [0.25, 0.3) is 0 Å². The molecule has 18 N–H and O–H groups in total. The molecular weight excluding hydrogens is 1050 g/mol. The summed E-state index contributed by atoms with van der Waals surface area (Å²) in [6.45, 7) is -0.469. The number of benzene rings is 3. The summed E-state index contributed by atoms with van der Waals surface area (Å²) in [5.41, 5.74) is 30.3. The molecule has 8 atom stereocenters. The van der Waals surface area contributed by atoms with Gasteiger partial charge in [-0.15, -0.1) is 0 Å². The molecule has 25 nitrogen and oxygen atoms in total. The number of likely N-dealkylation sites (tertiary alicyclic amines) is 1. The Morgan fingerprint density at radius 2 is 1.33 bits per heavy atom. The minimum absolute atomic E-state index is 0.0194. The first kappa shape index (κ1) is 60.9. The number of hydrogen-bond donors (Lipinski definition) is 13. The van der Waals surface area contributed by atoms with E-state index in [1.165, 1.54) is 17.0 Å². The van der Waals surface area contributed by atoms with Crippen LogP contribution in [0.4, 0.5) is 0 Å². The molecule has 2 heterocycles. The molecule has 0 unspecified atom stereocenters. The fourth-order valence-electron chi connectivity index (χ4n) is 8.43. The molecule has 78 heavy (non-hydrogen) atoms. The van der Waals surface area contributed by atoms with Crippen molar-refractivity contribution in [1.29, 1.82) is 0 Å². The maximum absolute atomic E-state index is 14.7. The van der Waals surface area contributed by atoms with Crippen molar-refractivity contribution < 1.29 is 53.1 Å². The fraction of sp³-hybridized carbons (Fsp3) is 0.431. The number of carbonyl (C=O) groups excluding carboxylic acids is 10. The molecule has 3 aromatic carbocycles. The van der Waals surface area contributed by atoms with E-state index in [0.717, 1.165) is 21.6 Å². The smallest absolute Gasteiger partial charge is 0.246 e. The van der Waals surface area contributed by atoms with Gasteiger partial charge in [-0.2, -0.15) is 0 Å². The number of amides is 10. The zero-order valence-corrected chi connectivity index (χ0v) is 44.4. The predicted octanol–water partition coefficient (Wildman–Crippen LogP) is -3.04. The average molecular weight is 1120 g/mol. The molecule has 2 fully saturated rings. The number of aliphatic imine (C=N–C) groups is 1. The number of phenols is 1. The van der Waals surface area contributed by atoms with Crippen molar-refractivity contribution in [2.24, 2.45) is 33.7 Å². The molecule has 10 amide bonds. The molecule has 2 saturated heterocycles. The molecule has 27 heteroatoms. The Bertz CT molecular complexity index is 2610. The summed E-state index contributed by atoms with van der Waals surface area (Å²) >= 11 is 0. The zero-order valence-electron chi connectivity index (χ0n) is 42.7. The molecule has 0 radical (unpaired) electrons. The number of aromatic hydroxyl groups is 1. The first-order valence-corrected chi connectivity index (χ1v) is 27.6. The third-order valence-electron chi connectivity index (χ3n) is 12.6. The van der Waals surface area contributed by atoms with Gasteiger partial charge in [0.25, 0.3) is 0 Å². The number of nitrogens with one attached hydrogen (secondary N) is 7. The summed E-state index contributed by atoms with van der Waals surface area (Å²) in [6, 6.07) is 13.5. The van der Waals surface area contributed by atoms with Crippen molar-refractivity contribution in [3.05, 3.63) is 102 Å². The largest absolute Gasteiger partial charge is 0.508 e. The van der Waals surface area contributed by atoms with Crippen molar-refractivity contribution >= 4 is 86.6 Å². The van der Waals surface area contributed by atoms with Crippen molar-refractivity contribution in [2.75, 3.05) is 31.1 Å². The van der Waals surface area contributed by atoms with Crippen LogP contribution in [0.5, 0.6) is 5.75 Å². The fourth-order valence-corrected chi connectivity index (χ4v) is 10.7. The van der Waals surface area contributed by atoms with E-state index in [9.17, 15) is 53.1 Å². The number of nitrogens with two attached hydrogens (primary N) is 5. The second-order valence-electron chi connectivity index (χ2n) is 18.6. The summed E-state index contributed by atoms with van der Waals surface area (Å²) in [7, 11) is 2.17. The Morgan fingerprint density at radius 1 is 0.718 bits per heavy atom. The van der Waals surface area contributed by atoms with Gasteiger partial charge >= 0.3 is 0 Å². The van der Waals surface area contributed by atoms with E-state index in [2.05, 4.69) is 42.2 Å². The Balaban J connectivity index is 1.35. The summed E-state index contributed by atoms with van der Waals surface area (Å²) in [4.78, 5) is 141. The van der Waals surface area contributed by atoms with Gasteiger partial charge in [0.15, 0.2) is 5.96 Å². The number of hydrogen-bond acceptors (Lipinski definition) is 15. The number of guanidine groups is 1. The maximum atomic E-state index is 14.7. The molecule has 2 aliphatic rings. The Morgan fingerprint density at radius 3 is 1.97 bits per heavy atom. The summed E-state index contributed by atoms with van der Waals surface area (Å²) in [5.74, 6) is -8.10. The molecule has 0 aliphatic carbocycles. The molecule has 0 saturated carbocycles. The zero-order chi connectivity index (χ0) is 56.7. The van der Waals surface area contributed by atoms with Gasteiger partial charge in [0, 0.05) is 43.9 Å². The van der Waals surface area contributed by atoms with Gasteiger partial charge in [-0.25, -0.2) is 0 Å². The second kappa shape index (κ2) is 30.7. The molecule has 3 aromatic rings. The average Bonchev–Trinajstić information content (AvgIpc) is 3.92. The molecule has 420 valence electrons. The van der Waals surface area contributed by atoms with Gasteiger partial charge in [0.1, 0.15) is 48.0 Å². The number of primary amides is 2. The minimum Gasteiger partial charge on any atom is -0.508 e. The SMILES string of the molecule is NC(=O)CC[C@H](NC(=O)[C@@H]1CCCN1C(=O)[C@@H]1CSSC[C@H](NC(=O)[C@@H](N)Cc2ccc(O)cc2)C(=O)NCC(=O)N[C@@H](Cc2ccccc2)C(=O)N1)C(=O)N[C@@H](CCCN=C(N)N)C(=O)N[C@@H](Cc1ccccc1)C(N)=O. The van der Waals surface area contributed by atoms with Crippen LogP contribution in [0.15, 0.2) is 89.9 Å². The van der Waals surface area contributed by atoms with Crippen molar-refractivity contribution in [3.8, 4) is 5.75 Å². The second-order valence-corrected chi connectivity index (χ2v) is 21.2. The number of phenolic OH excluding ortho intramolecular Hbond substituents is 1. The predicted molar refractivity (Wildman–Crippen MR) is 292 cm³/mol. The lowest BCUT2D eigenvalue weighted by Gasteiger charge is -2.31. The highest BCUT2D eigenvalue weighted by molar-refractivity contribution is 8.76. The van der Waals surface area contributed by atoms with Gasteiger partial charge in [0.05, 0.1) is 12.6 Å². The van der Waals surface area contributed by atoms with Gasteiger partial charge in [0.2, 0.25) is 59.1 Å². The molecule has 2 aliphatic heterocycles. The lowest BCUT2D eigenvalue weighted by Crippen LogP contribution is -2.60. The maximum Gasteiger partial charge on any atom is 0.246 e. The lowest BCUT2D eigenvalue weighted by molar-refractivity contribution is -0.142. The van der Waals surface area contributed by atoms with Crippen molar-refractivity contribution in [2.45, 2.75) is 106 Å². The van der Waals surface area contributed by atoms with Crippen LogP contribution in [0.2, 0.25) is 0 Å². The van der Waals surface area contributed by atoms with Crippen LogP contribution in [0.1, 0.15) is 55.2 Å². The third kappa shape index (κ3) is 19.9. The van der Waals surface area contributed by atoms with Crippen LogP contribution in [-0.4, -0.2) is 155 Å². The number of nitrogens with zero attached hydrogens (tertiary/aromatic N) is 2. The highest BCUT2D eigenvalue weighted by Gasteiger charge is 2.40. The van der Waals surface area contributed by atoms with Gasteiger partial charge in [-0.3, -0.25) is 52.9 Å². The van der Waals surface area contributed by atoms with Crippen LogP contribution >= 0.6 is 21.6 Å². The van der Waals surface area contributed by atoms with E-state index < -0.39 is 114 Å². The topological polar surface area (TPSA) is 421 Å². The molecule has 5 rings (SSSR count). The Kier molecular flexibility index (Phi) is 24.0. The van der Waals surface area contributed by atoms with E-state index in [1.807, 2.05) is 0 Å². The quantitative estimate of drug-likeness (QED) is 0.0194. The van der Waals surface area contributed by atoms with Crippen LogP contribution < -0.4 is 65.9 Å². The molecule has 0 bridgehead atoms. The molecule has 0 spiro atoms. The Labute approximate surface area is 458 Å². The molecule has 0 aromatic heterocycles. The van der Waals surface area contributed by atoms with E-state index in [4.69, 9.17) is 28.7 Å². The van der Waals surface area contributed by atoms with Crippen molar-refractivity contribution in [1.82, 2.24) is 42.1 Å². The summed E-state index contributed by atoms with van der Waals surface area (Å²) < 4.78 is 0. The Hall–Kier alpha value is -7.91. The molecular formula is C51H68N14O11S2. The van der Waals surface area contributed by atoms with Crippen LogP contribution in [0.3, 0.4) is 0 Å². The monoisotopic (exact) mass is 1120 g/mol. The van der Waals surface area contributed by atoms with Gasteiger partial charge in [-0.05, 0) is 67.3 Å². The van der Waals surface area contributed by atoms with Gasteiger partial charge < -0.3 is 75.9 Å². The van der Waals surface area contributed by atoms with E-state index in [0.29, 0.717) is 23.1 Å². The van der Waals surface area contributed by atoms with Crippen molar-refractivity contribution in [3.63, 3.8) is 0 Å². The first-order chi connectivity index (χ1) is 37.3. The van der Waals surface area contributed by atoms with E-state index >= 15 is 0 Å². The number of rotatable bonds is 23. The first-order valence-electron chi connectivity index (χ1n) is 25.2. The highest BCUT2D eigenvalue weighted by Crippen LogP contribution is 2.26. The van der Waals surface area contributed by atoms with E-state index in [-0.39, 0.29) is 87.7 Å². The number of carbonyl (C=O) groups is 10. The summed E-state index contributed by atoms with van der Waals surface area (Å²) in [5, 5.41) is 28.1. The summed E-state index contributed by atoms with van der Waals surface area (Å²) in [6.07, 6.45) is -0.0410. The standard InChI is InChI=1S/C51H68N14O11S2/c52-33(23-31-15-17-32(66)18-16-31)44(70)63-38-27-77-78-28-39(64-48(74)37(25-30-11-5-2-6-12-30)59-42(68)26-58-45(38)71)50(76)65-22-8-14-40(65)49(75)61-35(19-20-41(53)67)47(73)60-34(13-7-21-57-51(55)56)46(72)62-36(43(54)69)24-29-9-3-1-4-10-29/h1-6,9-12,15-18,33-40,66H,7-8,13-14,19-28,52H2,(H2,53,67)(H2,54,69)(H,58,71)(H,59,68)(H,60,73)(H,61,75)(H,62,72)(H,63,70)(H,64,74)(H4,55,56,57)/t33-,34-,35-,36-,37-,38-,39-,40-/m0/s1. The van der Waals surface area contributed by atoms with Crippen LogP contribution in [0, 0.1) is 0 Å². The highest BCUT2D eigenvalue weighted by atomic mass is 33.1. The third-order valence-corrected chi connectivity index (χ3v) is 15.0. The van der Waals surface area contributed by atoms with Crippen LogP contribution in [-0.2, 0) is 67.2 Å². The minimum atomic E-state index is -1.48. The van der Waals surface area contributed by atoms with E-state index in [1.54, 1.807) is 72.8 Å². The normalized spacial score (nSPS) is 19.6.